The molecule has 1 fully saturated rings. The van der Waals surface area contributed by atoms with E-state index >= 15 is 0 Å². The van der Waals surface area contributed by atoms with E-state index in [2.05, 4.69) is 20.4 Å². The van der Waals surface area contributed by atoms with Crippen LogP contribution in [0.3, 0.4) is 0 Å². The molecule has 1 aromatic carbocycles. The number of aliphatic hydroxyl groups excluding tert-OH is 1. The summed E-state index contributed by atoms with van der Waals surface area (Å²) >= 11 is 0. The molecular weight excluding hydrogens is 337 g/mol. The van der Waals surface area contributed by atoms with Gasteiger partial charge in [-0.25, -0.2) is 9.37 Å². The number of nitrogens with one attached hydrogen (secondary N) is 1. The van der Waals surface area contributed by atoms with Gasteiger partial charge in [0.2, 0.25) is 0 Å². The minimum absolute atomic E-state index is 0.123. The van der Waals surface area contributed by atoms with Crippen molar-refractivity contribution >= 4 is 6.01 Å². The van der Waals surface area contributed by atoms with Crippen LogP contribution in [0.5, 0.6) is 0 Å². The topological polar surface area (TPSA) is 89.0 Å². The lowest BCUT2D eigenvalue weighted by Crippen LogP contribution is -2.28. The van der Waals surface area contributed by atoms with Gasteiger partial charge in [0, 0.05) is 25.4 Å². The van der Waals surface area contributed by atoms with Gasteiger partial charge in [0.05, 0.1) is 18.5 Å². The molecule has 2 N–H and O–H groups in total. The lowest BCUT2D eigenvalue weighted by Gasteiger charge is -2.14. The maximum atomic E-state index is 13.0. The first kappa shape index (κ1) is 16.7. The summed E-state index contributed by atoms with van der Waals surface area (Å²) < 4.78 is 20.2. The van der Waals surface area contributed by atoms with Gasteiger partial charge in [-0.15, -0.1) is 0 Å². The molecule has 1 aliphatic carbocycles. The number of aliphatic hydroxyl groups is 1. The Kier molecular flexibility index (Phi) is 4.66. The minimum Gasteiger partial charge on any atom is -0.391 e. The van der Waals surface area contributed by atoms with Crippen molar-refractivity contribution in [3.05, 3.63) is 60.2 Å². The second-order valence-corrected chi connectivity index (χ2v) is 6.73. The van der Waals surface area contributed by atoms with Gasteiger partial charge in [-0.3, -0.25) is 0 Å². The molecule has 1 unspecified atom stereocenters. The molecule has 2 heterocycles. The lowest BCUT2D eigenvalue weighted by molar-refractivity contribution is 0.165. The summed E-state index contributed by atoms with van der Waals surface area (Å²) in [5, 5.41) is 17.4. The minimum atomic E-state index is -0.462. The fourth-order valence-corrected chi connectivity index (χ4v) is 3.44. The Labute approximate surface area is 149 Å². The molecule has 26 heavy (non-hydrogen) atoms. The quantitative estimate of drug-likeness (QED) is 0.703. The zero-order chi connectivity index (χ0) is 17.9. The van der Waals surface area contributed by atoms with Crippen molar-refractivity contribution in [1.82, 2.24) is 19.7 Å². The van der Waals surface area contributed by atoms with E-state index in [9.17, 15) is 9.50 Å². The summed E-state index contributed by atoms with van der Waals surface area (Å²) in [6.45, 7) is 0.828. The molecule has 0 radical (unpaired) electrons. The first-order valence-corrected chi connectivity index (χ1v) is 8.63. The van der Waals surface area contributed by atoms with Gasteiger partial charge in [-0.2, -0.15) is 4.98 Å². The van der Waals surface area contributed by atoms with E-state index in [-0.39, 0.29) is 11.9 Å². The lowest BCUT2D eigenvalue weighted by atomic mass is 10.1. The van der Waals surface area contributed by atoms with Crippen molar-refractivity contribution in [3.63, 3.8) is 0 Å². The molecule has 8 heteroatoms. The molecule has 0 aliphatic heterocycles. The Balaban J connectivity index is 1.34. The van der Waals surface area contributed by atoms with E-state index in [1.54, 1.807) is 24.7 Å². The number of hydrogen-bond acceptors (Lipinski definition) is 6. The first-order valence-electron chi connectivity index (χ1n) is 8.63. The highest BCUT2D eigenvalue weighted by atomic mass is 19.1. The molecule has 0 spiro atoms. The number of hydrogen-bond donors (Lipinski definition) is 2. The van der Waals surface area contributed by atoms with Crippen LogP contribution in [-0.2, 0) is 13.0 Å². The van der Waals surface area contributed by atoms with Crippen molar-refractivity contribution in [2.75, 3.05) is 5.32 Å². The standard InChI is InChI=1S/C18H20FN5O2/c19-14-3-1-12(2-4-14)9-17-22-18(26-23-17)21-15-7-13(8-16(15)25)10-24-6-5-20-11-24/h1-6,11,13,15-16,25H,7-10H2,(H,21,22,23)/t13?,15-,16-/m1/s1. The van der Waals surface area contributed by atoms with Crippen LogP contribution in [0.25, 0.3) is 0 Å². The van der Waals surface area contributed by atoms with Crippen LogP contribution in [0, 0.1) is 11.7 Å². The summed E-state index contributed by atoms with van der Waals surface area (Å²) in [5.74, 6) is 0.601. The molecule has 4 rings (SSSR count). The molecule has 1 saturated carbocycles. The second kappa shape index (κ2) is 7.25. The Morgan fingerprint density at radius 3 is 2.88 bits per heavy atom. The van der Waals surface area contributed by atoms with Crippen LogP contribution < -0.4 is 5.32 Å². The number of halogens is 1. The van der Waals surface area contributed by atoms with E-state index in [1.165, 1.54) is 12.1 Å². The molecule has 0 amide bonds. The fraction of sp³-hybridized carbons (Fsp3) is 0.389. The van der Waals surface area contributed by atoms with Crippen LogP contribution in [0.2, 0.25) is 0 Å². The van der Waals surface area contributed by atoms with Crippen molar-refractivity contribution in [1.29, 1.82) is 0 Å². The second-order valence-electron chi connectivity index (χ2n) is 6.73. The number of benzene rings is 1. The van der Waals surface area contributed by atoms with Gasteiger partial charge >= 0.3 is 6.01 Å². The largest absolute Gasteiger partial charge is 0.391 e. The zero-order valence-corrected chi connectivity index (χ0v) is 14.1. The first-order chi connectivity index (χ1) is 12.7. The molecular formula is C18H20FN5O2. The van der Waals surface area contributed by atoms with Crippen molar-refractivity contribution in [2.45, 2.75) is 38.0 Å². The maximum absolute atomic E-state index is 13.0. The molecule has 0 saturated heterocycles. The summed E-state index contributed by atoms with van der Waals surface area (Å²) in [6, 6.07) is 6.38. The van der Waals surface area contributed by atoms with E-state index in [0.717, 1.165) is 18.5 Å². The van der Waals surface area contributed by atoms with E-state index in [0.29, 0.717) is 30.6 Å². The van der Waals surface area contributed by atoms with Gasteiger partial charge in [0.15, 0.2) is 5.82 Å². The third-order valence-corrected chi connectivity index (χ3v) is 4.71. The van der Waals surface area contributed by atoms with E-state index < -0.39 is 6.10 Å². The number of anilines is 1. The Bertz CT molecular complexity index is 834. The highest BCUT2D eigenvalue weighted by molar-refractivity contribution is 5.25. The van der Waals surface area contributed by atoms with E-state index in [1.807, 2.05) is 10.8 Å². The number of aromatic nitrogens is 4. The average Bonchev–Trinajstić information content (AvgIpc) is 3.34. The molecule has 0 bridgehead atoms. The zero-order valence-electron chi connectivity index (χ0n) is 14.1. The molecule has 3 atom stereocenters. The molecule has 7 nitrogen and oxygen atoms in total. The summed E-state index contributed by atoms with van der Waals surface area (Å²) in [7, 11) is 0. The Hall–Kier alpha value is -2.74. The van der Waals surface area contributed by atoms with Crippen LogP contribution >= 0.6 is 0 Å². The van der Waals surface area contributed by atoms with Gasteiger partial charge < -0.3 is 19.5 Å². The van der Waals surface area contributed by atoms with E-state index in [4.69, 9.17) is 4.52 Å². The predicted molar refractivity (Wildman–Crippen MR) is 91.9 cm³/mol. The number of rotatable bonds is 6. The Morgan fingerprint density at radius 1 is 1.27 bits per heavy atom. The molecule has 136 valence electrons. The molecule has 2 aromatic heterocycles. The van der Waals surface area contributed by atoms with Gasteiger partial charge in [0.1, 0.15) is 5.82 Å². The summed E-state index contributed by atoms with van der Waals surface area (Å²) in [5.41, 5.74) is 0.903. The van der Waals surface area contributed by atoms with Crippen molar-refractivity contribution in [3.8, 4) is 0 Å². The SMILES string of the molecule is O[C@@H]1CC(Cn2ccnc2)C[C@H]1Nc1nc(Cc2ccc(F)cc2)no1. The van der Waals surface area contributed by atoms with Crippen molar-refractivity contribution < 1.29 is 14.0 Å². The highest BCUT2D eigenvalue weighted by Crippen LogP contribution is 2.29. The fourth-order valence-electron chi connectivity index (χ4n) is 3.44. The van der Waals surface area contributed by atoms with Crippen LogP contribution in [-0.4, -0.2) is 36.9 Å². The predicted octanol–water partition coefficient (Wildman–Crippen LogP) is 2.25. The number of nitrogens with zero attached hydrogens (tertiary/aromatic N) is 4. The molecule has 1 aliphatic rings. The Morgan fingerprint density at radius 2 is 2.12 bits per heavy atom. The summed E-state index contributed by atoms with van der Waals surface area (Å²) in [6.07, 6.45) is 6.99. The molecule has 3 aromatic rings. The normalized spacial score (nSPS) is 22.6. The van der Waals surface area contributed by atoms with Crippen LogP contribution in [0.15, 0.2) is 47.5 Å². The monoisotopic (exact) mass is 357 g/mol. The number of imidazole rings is 1. The van der Waals surface area contributed by atoms with Gasteiger partial charge in [0.25, 0.3) is 0 Å². The van der Waals surface area contributed by atoms with Crippen molar-refractivity contribution in [2.24, 2.45) is 5.92 Å². The third kappa shape index (κ3) is 3.91. The maximum Gasteiger partial charge on any atom is 0.321 e. The van der Waals surface area contributed by atoms with Gasteiger partial charge in [-0.05, 0) is 36.5 Å². The van der Waals surface area contributed by atoms with Crippen LogP contribution in [0.4, 0.5) is 10.4 Å². The average molecular weight is 357 g/mol. The third-order valence-electron chi connectivity index (χ3n) is 4.71. The smallest absolute Gasteiger partial charge is 0.321 e. The van der Waals surface area contributed by atoms with Crippen LogP contribution in [0.1, 0.15) is 24.2 Å². The highest BCUT2D eigenvalue weighted by Gasteiger charge is 2.34. The van der Waals surface area contributed by atoms with Gasteiger partial charge in [-0.1, -0.05) is 17.3 Å². The summed E-state index contributed by atoms with van der Waals surface area (Å²) in [4.78, 5) is 8.36.